The molecule has 0 saturated carbocycles. The Morgan fingerprint density at radius 1 is 0.938 bits per heavy atom. The van der Waals surface area contributed by atoms with Crippen LogP contribution in [0.15, 0.2) is 85.5 Å². The lowest BCUT2D eigenvalue weighted by Gasteiger charge is -2.13. The van der Waals surface area contributed by atoms with Gasteiger partial charge in [0.25, 0.3) is 5.91 Å². The molecule has 0 unspecified atom stereocenters. The van der Waals surface area contributed by atoms with Crippen LogP contribution >= 0.6 is 0 Å². The van der Waals surface area contributed by atoms with Crippen LogP contribution in [0.2, 0.25) is 0 Å². The molecular weight excluding hydrogens is 425 g/mol. The second kappa shape index (κ2) is 8.80. The third-order valence-corrected chi connectivity index (χ3v) is 4.19. The van der Waals surface area contributed by atoms with Crippen molar-refractivity contribution in [1.82, 2.24) is 14.5 Å². The lowest BCUT2D eigenvalue weighted by Crippen LogP contribution is -2.20. The summed E-state index contributed by atoms with van der Waals surface area (Å²) in [5.74, 6) is 0.0636. The van der Waals surface area contributed by atoms with E-state index in [1.165, 1.54) is 24.5 Å². The van der Waals surface area contributed by atoms with Crippen LogP contribution in [0.1, 0.15) is 10.4 Å². The van der Waals surface area contributed by atoms with E-state index in [1.807, 2.05) is 24.5 Å². The Morgan fingerprint density at radius 3 is 2.38 bits per heavy atom. The molecule has 0 aliphatic rings. The molecule has 0 atom stereocenters. The molecule has 0 saturated heterocycles. The van der Waals surface area contributed by atoms with Gasteiger partial charge in [-0.2, -0.15) is 0 Å². The maximum absolute atomic E-state index is 12.6. The molecule has 4 aromatic rings. The maximum Gasteiger partial charge on any atom is 0.573 e. The smallest absolute Gasteiger partial charge is 0.439 e. The van der Waals surface area contributed by atoms with Gasteiger partial charge in [0, 0.05) is 24.1 Å². The van der Waals surface area contributed by atoms with Crippen molar-refractivity contribution in [3.63, 3.8) is 0 Å². The predicted molar refractivity (Wildman–Crippen MR) is 109 cm³/mol. The molecule has 1 amide bonds. The van der Waals surface area contributed by atoms with Gasteiger partial charge in [-0.05, 0) is 48.5 Å². The normalized spacial score (nSPS) is 11.1. The van der Waals surface area contributed by atoms with Gasteiger partial charge in [0.2, 0.25) is 5.88 Å². The highest BCUT2D eigenvalue weighted by atomic mass is 19.4. The second-order valence-electron chi connectivity index (χ2n) is 6.43. The molecule has 4 rings (SSSR count). The fraction of sp³-hybridized carbons (Fsp3) is 0.0455. The van der Waals surface area contributed by atoms with Gasteiger partial charge in [-0.25, -0.2) is 9.97 Å². The number of amides is 1. The summed E-state index contributed by atoms with van der Waals surface area (Å²) in [6.07, 6.45) is 0.139. The van der Waals surface area contributed by atoms with E-state index in [0.29, 0.717) is 23.1 Å². The summed E-state index contributed by atoms with van der Waals surface area (Å²) in [7, 11) is 0. The average Bonchev–Trinajstić information content (AvgIpc) is 3.30. The lowest BCUT2D eigenvalue weighted by atomic mass is 10.2. The van der Waals surface area contributed by atoms with Gasteiger partial charge in [-0.15, -0.1) is 13.2 Å². The third-order valence-electron chi connectivity index (χ3n) is 4.19. The molecule has 0 aliphatic heterocycles. The summed E-state index contributed by atoms with van der Waals surface area (Å²) < 4.78 is 49.1. The number of ether oxygens (including phenoxy) is 2. The van der Waals surface area contributed by atoms with E-state index in [9.17, 15) is 18.0 Å². The van der Waals surface area contributed by atoms with E-state index in [2.05, 4.69) is 20.0 Å². The number of nitrogens with one attached hydrogen (secondary N) is 1. The van der Waals surface area contributed by atoms with Crippen LogP contribution in [-0.4, -0.2) is 26.8 Å². The van der Waals surface area contributed by atoms with Crippen molar-refractivity contribution >= 4 is 11.6 Å². The Labute approximate surface area is 180 Å². The molecule has 2 aromatic heterocycles. The number of carbonyl (C=O) groups is 1. The average molecular weight is 440 g/mol. The van der Waals surface area contributed by atoms with Gasteiger partial charge in [-0.3, -0.25) is 4.79 Å². The molecule has 0 aliphatic carbocycles. The fourth-order valence-electron chi connectivity index (χ4n) is 2.81. The van der Waals surface area contributed by atoms with Crippen molar-refractivity contribution in [3.8, 4) is 23.2 Å². The largest absolute Gasteiger partial charge is 0.573 e. The Hall–Kier alpha value is -4.34. The Kier molecular flexibility index (Phi) is 5.75. The van der Waals surface area contributed by atoms with Crippen LogP contribution in [0, 0.1) is 0 Å². The molecule has 7 nitrogen and oxygen atoms in total. The first-order valence-corrected chi connectivity index (χ1v) is 9.27. The zero-order chi connectivity index (χ0) is 22.6. The van der Waals surface area contributed by atoms with Gasteiger partial charge < -0.3 is 19.4 Å². The van der Waals surface area contributed by atoms with Gasteiger partial charge in [0.1, 0.15) is 23.6 Å². The molecule has 32 heavy (non-hydrogen) atoms. The van der Waals surface area contributed by atoms with Crippen LogP contribution in [-0.2, 0) is 0 Å². The van der Waals surface area contributed by atoms with Gasteiger partial charge in [0.15, 0.2) is 0 Å². The van der Waals surface area contributed by atoms with Crippen LogP contribution in [0.25, 0.3) is 5.82 Å². The van der Waals surface area contributed by atoms with Gasteiger partial charge in [-0.1, -0.05) is 12.1 Å². The molecule has 0 fully saturated rings. The monoisotopic (exact) mass is 440 g/mol. The third kappa shape index (κ3) is 5.22. The number of carbonyl (C=O) groups excluding carboxylic acids is 1. The Morgan fingerprint density at radius 2 is 1.66 bits per heavy atom. The van der Waals surface area contributed by atoms with Crippen molar-refractivity contribution in [2.75, 3.05) is 5.32 Å². The van der Waals surface area contributed by atoms with Crippen LogP contribution in [0.4, 0.5) is 18.9 Å². The number of anilines is 1. The predicted octanol–water partition coefficient (Wildman–Crippen LogP) is 5.21. The van der Waals surface area contributed by atoms with Crippen LogP contribution in [0.5, 0.6) is 17.4 Å². The van der Waals surface area contributed by atoms with E-state index in [1.54, 1.807) is 34.9 Å². The maximum atomic E-state index is 12.6. The van der Waals surface area contributed by atoms with Gasteiger partial charge in [0.05, 0.1) is 5.56 Å². The Balaban J connectivity index is 1.44. The number of hydrogen-bond donors (Lipinski definition) is 1. The highest BCUT2D eigenvalue weighted by Gasteiger charge is 2.32. The number of halogens is 3. The highest BCUT2D eigenvalue weighted by Crippen LogP contribution is 2.27. The highest BCUT2D eigenvalue weighted by molar-refractivity contribution is 6.06. The molecule has 0 spiro atoms. The summed E-state index contributed by atoms with van der Waals surface area (Å²) in [5.41, 5.74) is 0.114. The van der Waals surface area contributed by atoms with Gasteiger partial charge >= 0.3 is 6.36 Å². The number of rotatable bonds is 6. The molecule has 0 radical (unpaired) electrons. The van der Waals surface area contributed by atoms with Crippen molar-refractivity contribution < 1.29 is 27.4 Å². The number of alkyl halides is 3. The molecule has 2 aromatic carbocycles. The summed E-state index contributed by atoms with van der Waals surface area (Å²) in [6.45, 7) is 0. The minimum atomic E-state index is -4.91. The first kappa shape index (κ1) is 20.9. The van der Waals surface area contributed by atoms with Crippen LogP contribution in [0.3, 0.4) is 0 Å². The quantitative estimate of drug-likeness (QED) is 0.445. The SMILES string of the molecule is O=C(Nc1ccc(Oc2cc(-n3cccc3)ncn2)cc1)c1ccccc1OC(F)(F)F. The minimum absolute atomic E-state index is 0.247. The van der Waals surface area contributed by atoms with E-state index < -0.39 is 18.0 Å². The Bertz CT molecular complexity index is 1210. The van der Waals surface area contributed by atoms with E-state index in [-0.39, 0.29) is 5.56 Å². The van der Waals surface area contributed by atoms with Crippen molar-refractivity contribution in [1.29, 1.82) is 0 Å². The summed E-state index contributed by atoms with van der Waals surface area (Å²) in [6, 6.07) is 16.8. The number of nitrogens with zero attached hydrogens (tertiary/aromatic N) is 3. The lowest BCUT2D eigenvalue weighted by molar-refractivity contribution is -0.274. The summed E-state index contributed by atoms with van der Waals surface area (Å²) in [5, 5.41) is 2.53. The molecule has 0 bridgehead atoms. The minimum Gasteiger partial charge on any atom is -0.439 e. The molecule has 1 N–H and O–H groups in total. The van der Waals surface area contributed by atoms with Crippen LogP contribution < -0.4 is 14.8 Å². The zero-order valence-electron chi connectivity index (χ0n) is 16.3. The van der Waals surface area contributed by atoms with Crippen molar-refractivity contribution in [2.45, 2.75) is 6.36 Å². The topological polar surface area (TPSA) is 78.3 Å². The number of para-hydroxylation sites is 1. The molecule has 10 heteroatoms. The first-order valence-electron chi connectivity index (χ1n) is 9.27. The number of benzene rings is 2. The fourth-order valence-corrected chi connectivity index (χ4v) is 2.81. The van der Waals surface area contributed by atoms with Crippen molar-refractivity contribution in [2.24, 2.45) is 0 Å². The van der Waals surface area contributed by atoms with E-state index in [4.69, 9.17) is 4.74 Å². The van der Waals surface area contributed by atoms with Crippen molar-refractivity contribution in [3.05, 3.63) is 91.0 Å². The molecule has 162 valence electrons. The first-order chi connectivity index (χ1) is 15.4. The molecular formula is C22H15F3N4O3. The van der Waals surface area contributed by atoms with E-state index >= 15 is 0 Å². The summed E-state index contributed by atoms with van der Waals surface area (Å²) in [4.78, 5) is 20.7. The summed E-state index contributed by atoms with van der Waals surface area (Å²) >= 11 is 0. The number of aromatic nitrogens is 3. The standard InChI is InChI=1S/C22H15F3N4O3/c23-22(24,25)32-18-6-2-1-5-17(18)21(30)28-15-7-9-16(10-8-15)31-20-13-19(26-14-27-20)29-11-3-4-12-29/h1-14H,(H,28,30). The van der Waals surface area contributed by atoms with E-state index in [0.717, 1.165) is 6.07 Å². The number of hydrogen-bond acceptors (Lipinski definition) is 5. The second-order valence-corrected chi connectivity index (χ2v) is 6.43. The zero-order valence-corrected chi connectivity index (χ0v) is 16.3. The molecule has 2 heterocycles.